The molecule has 136 valence electrons. The van der Waals surface area contributed by atoms with Gasteiger partial charge in [-0.15, -0.1) is 0 Å². The van der Waals surface area contributed by atoms with Gasteiger partial charge in [-0.2, -0.15) is 0 Å². The second-order valence-electron chi connectivity index (χ2n) is 5.86. The number of imidazole rings is 1. The van der Waals surface area contributed by atoms with Crippen LogP contribution in [0.3, 0.4) is 0 Å². The van der Waals surface area contributed by atoms with Crippen LogP contribution in [0.5, 0.6) is 0 Å². The lowest BCUT2D eigenvalue weighted by atomic mass is 10.1. The van der Waals surface area contributed by atoms with Gasteiger partial charge in [-0.3, -0.25) is 4.40 Å². The number of ether oxygens (including phenoxy) is 1. The van der Waals surface area contributed by atoms with Gasteiger partial charge in [0.25, 0.3) is 0 Å². The van der Waals surface area contributed by atoms with Crippen LogP contribution in [-0.2, 0) is 11.3 Å². The van der Waals surface area contributed by atoms with Gasteiger partial charge in [-0.25, -0.2) is 18.6 Å². The lowest BCUT2D eigenvalue weighted by Crippen LogP contribution is -2.09. The van der Waals surface area contributed by atoms with Gasteiger partial charge in [-0.1, -0.05) is 11.2 Å². The number of nitrogens with zero attached hydrogens (tertiary/aromatic N) is 3. The van der Waals surface area contributed by atoms with E-state index in [0.29, 0.717) is 22.7 Å². The van der Waals surface area contributed by atoms with Crippen molar-refractivity contribution in [2.75, 3.05) is 0 Å². The van der Waals surface area contributed by atoms with Crippen molar-refractivity contribution < 1.29 is 22.8 Å². The second kappa shape index (κ2) is 6.64. The number of carbonyl (C=O) groups excluding carboxylic acids is 1. The summed E-state index contributed by atoms with van der Waals surface area (Å²) in [5.41, 5.74) is 1.87. The van der Waals surface area contributed by atoms with Gasteiger partial charge in [0.2, 0.25) is 0 Å². The number of halogens is 2. The number of hydrogen-bond acceptors (Lipinski definition) is 5. The van der Waals surface area contributed by atoms with Crippen molar-refractivity contribution in [1.82, 2.24) is 14.5 Å². The van der Waals surface area contributed by atoms with E-state index in [1.807, 2.05) is 6.07 Å². The van der Waals surface area contributed by atoms with Gasteiger partial charge >= 0.3 is 5.97 Å². The summed E-state index contributed by atoms with van der Waals surface area (Å²) in [6.07, 6.45) is 1.72. The maximum Gasteiger partial charge on any atom is 0.357 e. The molecular weight excluding hydrogens is 356 g/mol. The van der Waals surface area contributed by atoms with Crippen molar-refractivity contribution in [1.29, 1.82) is 0 Å². The van der Waals surface area contributed by atoms with E-state index in [1.165, 1.54) is 12.1 Å². The fraction of sp³-hybridized carbons (Fsp3) is 0.105. The highest BCUT2D eigenvalue weighted by molar-refractivity contribution is 5.90. The topological polar surface area (TPSA) is 69.6 Å². The zero-order valence-electron chi connectivity index (χ0n) is 14.1. The molecule has 4 rings (SSSR count). The summed E-state index contributed by atoms with van der Waals surface area (Å²) >= 11 is 0. The van der Waals surface area contributed by atoms with E-state index in [1.54, 1.807) is 29.7 Å². The van der Waals surface area contributed by atoms with Crippen LogP contribution >= 0.6 is 0 Å². The lowest BCUT2D eigenvalue weighted by Gasteiger charge is -2.03. The first-order chi connectivity index (χ1) is 13.0. The van der Waals surface area contributed by atoms with E-state index >= 15 is 0 Å². The monoisotopic (exact) mass is 369 g/mol. The molecule has 0 aliphatic heterocycles. The van der Waals surface area contributed by atoms with Gasteiger partial charge in [-0.05, 0) is 31.2 Å². The Morgan fingerprint density at radius 2 is 2.07 bits per heavy atom. The molecule has 27 heavy (non-hydrogen) atoms. The summed E-state index contributed by atoms with van der Waals surface area (Å²) in [4.78, 5) is 16.7. The molecule has 0 N–H and O–H groups in total. The molecule has 0 saturated carbocycles. The van der Waals surface area contributed by atoms with Crippen LogP contribution in [0, 0.1) is 18.6 Å². The minimum atomic E-state index is -0.768. The SMILES string of the molecule is Cc1nc2ccccn2c1C(=O)OCc1cc(-c2ccc(F)cc2F)on1. The molecule has 0 aliphatic rings. The highest BCUT2D eigenvalue weighted by Gasteiger charge is 2.19. The Morgan fingerprint density at radius 3 is 2.89 bits per heavy atom. The van der Waals surface area contributed by atoms with Gasteiger partial charge in [0.1, 0.15) is 29.6 Å². The summed E-state index contributed by atoms with van der Waals surface area (Å²) in [6, 6.07) is 9.95. The molecular formula is C19H13F2N3O3. The van der Waals surface area contributed by atoms with Crippen LogP contribution in [0.15, 0.2) is 53.2 Å². The first-order valence-corrected chi connectivity index (χ1v) is 8.05. The molecule has 0 fully saturated rings. The maximum absolute atomic E-state index is 13.8. The molecule has 0 bridgehead atoms. The number of pyridine rings is 1. The quantitative estimate of drug-likeness (QED) is 0.510. The summed E-state index contributed by atoms with van der Waals surface area (Å²) < 4.78 is 38.8. The van der Waals surface area contributed by atoms with Gasteiger partial charge in [0.15, 0.2) is 11.5 Å². The predicted molar refractivity (Wildman–Crippen MR) is 90.9 cm³/mol. The van der Waals surface area contributed by atoms with Crippen LogP contribution in [0.4, 0.5) is 8.78 Å². The molecule has 0 amide bonds. The van der Waals surface area contributed by atoms with E-state index in [2.05, 4.69) is 10.1 Å². The third-order valence-electron chi connectivity index (χ3n) is 4.00. The standard InChI is InChI=1S/C19H13F2N3O3/c1-11-18(24-7-3-2-4-17(24)22-11)19(25)26-10-13-9-16(27-23-13)14-6-5-12(20)8-15(14)21/h2-9H,10H2,1H3. The van der Waals surface area contributed by atoms with Crippen LogP contribution in [0.2, 0.25) is 0 Å². The Kier molecular flexibility index (Phi) is 4.15. The number of aryl methyl sites for hydroxylation is 1. The van der Waals surface area contributed by atoms with Crippen LogP contribution in [-0.4, -0.2) is 20.5 Å². The normalized spacial score (nSPS) is 11.1. The number of benzene rings is 1. The van der Waals surface area contributed by atoms with Crippen LogP contribution in [0.25, 0.3) is 17.0 Å². The molecule has 0 unspecified atom stereocenters. The van der Waals surface area contributed by atoms with E-state index in [0.717, 1.165) is 12.1 Å². The highest BCUT2D eigenvalue weighted by atomic mass is 19.1. The van der Waals surface area contributed by atoms with E-state index in [4.69, 9.17) is 9.26 Å². The average Bonchev–Trinajstić information content (AvgIpc) is 3.23. The van der Waals surface area contributed by atoms with E-state index < -0.39 is 17.6 Å². The third kappa shape index (κ3) is 3.17. The molecule has 0 atom stereocenters. The van der Waals surface area contributed by atoms with Crippen molar-refractivity contribution in [3.8, 4) is 11.3 Å². The van der Waals surface area contributed by atoms with Crippen molar-refractivity contribution >= 4 is 11.6 Å². The Morgan fingerprint density at radius 1 is 1.22 bits per heavy atom. The van der Waals surface area contributed by atoms with E-state index in [-0.39, 0.29) is 17.9 Å². The fourth-order valence-electron chi connectivity index (χ4n) is 2.76. The summed E-state index contributed by atoms with van der Waals surface area (Å²) in [6.45, 7) is 1.56. The number of aromatic nitrogens is 3. The number of rotatable bonds is 4. The molecule has 4 aromatic rings. The van der Waals surface area contributed by atoms with Gasteiger partial charge in [0, 0.05) is 18.3 Å². The zero-order valence-corrected chi connectivity index (χ0v) is 14.1. The molecule has 3 heterocycles. The van der Waals surface area contributed by atoms with Crippen molar-refractivity contribution in [3.05, 3.63) is 77.4 Å². The zero-order chi connectivity index (χ0) is 19.0. The van der Waals surface area contributed by atoms with Crippen molar-refractivity contribution in [2.45, 2.75) is 13.5 Å². The van der Waals surface area contributed by atoms with Crippen LogP contribution in [0.1, 0.15) is 21.9 Å². The smallest absolute Gasteiger partial charge is 0.357 e. The average molecular weight is 369 g/mol. The molecule has 0 saturated heterocycles. The Bertz CT molecular complexity index is 1150. The Balaban J connectivity index is 1.51. The number of fused-ring (bicyclic) bond motifs is 1. The third-order valence-corrected chi connectivity index (χ3v) is 4.00. The second-order valence-corrected chi connectivity index (χ2v) is 5.86. The fourth-order valence-corrected chi connectivity index (χ4v) is 2.76. The molecule has 1 aromatic carbocycles. The number of hydrogen-bond donors (Lipinski definition) is 0. The maximum atomic E-state index is 13.8. The van der Waals surface area contributed by atoms with Crippen LogP contribution < -0.4 is 0 Å². The minimum absolute atomic E-state index is 0.0686. The first-order valence-electron chi connectivity index (χ1n) is 8.05. The van der Waals surface area contributed by atoms with Crippen molar-refractivity contribution in [2.24, 2.45) is 0 Å². The van der Waals surface area contributed by atoms with Gasteiger partial charge in [0.05, 0.1) is 11.3 Å². The Hall–Kier alpha value is -3.55. The molecule has 0 spiro atoms. The lowest BCUT2D eigenvalue weighted by molar-refractivity contribution is 0.0455. The highest BCUT2D eigenvalue weighted by Crippen LogP contribution is 2.24. The molecule has 0 radical (unpaired) electrons. The molecule has 0 aliphatic carbocycles. The number of esters is 1. The predicted octanol–water partition coefficient (Wildman–Crippen LogP) is 3.93. The van der Waals surface area contributed by atoms with E-state index in [9.17, 15) is 13.6 Å². The first kappa shape index (κ1) is 16.9. The Labute approximate surface area is 152 Å². The molecule has 8 heteroatoms. The summed E-state index contributed by atoms with van der Waals surface area (Å²) in [5.74, 6) is -1.90. The molecule has 6 nitrogen and oxygen atoms in total. The van der Waals surface area contributed by atoms with Crippen molar-refractivity contribution in [3.63, 3.8) is 0 Å². The summed E-state index contributed by atoms with van der Waals surface area (Å²) in [5, 5.41) is 3.76. The minimum Gasteiger partial charge on any atom is -0.454 e. The molecule has 3 aromatic heterocycles. The van der Waals surface area contributed by atoms with Gasteiger partial charge < -0.3 is 9.26 Å². The summed E-state index contributed by atoms with van der Waals surface area (Å²) in [7, 11) is 0. The largest absolute Gasteiger partial charge is 0.454 e. The number of carbonyl (C=O) groups is 1.